The van der Waals surface area contributed by atoms with Crippen LogP contribution in [0.15, 0.2) is 33.5 Å². The predicted octanol–water partition coefficient (Wildman–Crippen LogP) is 2.31. The Labute approximate surface area is 97.0 Å². The minimum Gasteiger partial charge on any atom is -0.422 e. The molecule has 76 valence electrons. The van der Waals surface area contributed by atoms with E-state index in [1.807, 2.05) is 0 Å². The smallest absolute Gasteiger partial charge is 0.356 e. The van der Waals surface area contributed by atoms with Gasteiger partial charge in [-0.15, -0.1) is 0 Å². The SMILES string of the molecule is O=c1oc2ccccc2c([N+](=O)[O-])c1I. The number of nitrogens with zero attached hydrogens (tertiary/aromatic N) is 1. The molecule has 5 nitrogen and oxygen atoms in total. The second-order valence-corrected chi connectivity index (χ2v) is 3.88. The fraction of sp³-hybridized carbons (Fsp3) is 0. The summed E-state index contributed by atoms with van der Waals surface area (Å²) in [5.41, 5.74) is -0.641. The highest BCUT2D eigenvalue weighted by molar-refractivity contribution is 14.1. The lowest BCUT2D eigenvalue weighted by molar-refractivity contribution is -0.384. The lowest BCUT2D eigenvalue weighted by Crippen LogP contribution is -2.07. The molecule has 2 aromatic rings. The molecule has 0 atom stereocenters. The summed E-state index contributed by atoms with van der Waals surface area (Å²) in [6.07, 6.45) is 0. The number of fused-ring (bicyclic) bond motifs is 1. The number of para-hydroxylation sites is 1. The normalized spacial score (nSPS) is 10.5. The summed E-state index contributed by atoms with van der Waals surface area (Å²) in [5, 5.41) is 11.1. The molecule has 0 unspecified atom stereocenters. The largest absolute Gasteiger partial charge is 0.422 e. The van der Waals surface area contributed by atoms with Crippen LogP contribution in [0, 0.1) is 13.7 Å². The van der Waals surface area contributed by atoms with Crippen LogP contribution in [0.5, 0.6) is 0 Å². The van der Waals surface area contributed by atoms with Gasteiger partial charge in [0, 0.05) is 0 Å². The highest BCUT2D eigenvalue weighted by Crippen LogP contribution is 2.27. The third kappa shape index (κ3) is 1.60. The van der Waals surface area contributed by atoms with Crippen LogP contribution in [0.2, 0.25) is 0 Å². The van der Waals surface area contributed by atoms with E-state index in [1.165, 1.54) is 6.07 Å². The van der Waals surface area contributed by atoms with Gasteiger partial charge >= 0.3 is 11.3 Å². The van der Waals surface area contributed by atoms with Crippen molar-refractivity contribution in [1.82, 2.24) is 0 Å². The monoisotopic (exact) mass is 317 g/mol. The first-order chi connectivity index (χ1) is 7.11. The molecule has 0 saturated carbocycles. The highest BCUT2D eigenvalue weighted by atomic mass is 127. The van der Waals surface area contributed by atoms with Gasteiger partial charge in [-0.1, -0.05) is 12.1 Å². The van der Waals surface area contributed by atoms with Crippen molar-refractivity contribution in [2.45, 2.75) is 0 Å². The van der Waals surface area contributed by atoms with Crippen molar-refractivity contribution < 1.29 is 9.34 Å². The summed E-state index contributed by atoms with van der Waals surface area (Å²) in [5.74, 6) is 0. The van der Waals surface area contributed by atoms with Gasteiger partial charge in [0.05, 0.1) is 10.3 Å². The Hall–Kier alpha value is -1.44. The van der Waals surface area contributed by atoms with Gasteiger partial charge in [0.15, 0.2) is 3.57 Å². The van der Waals surface area contributed by atoms with Crippen LogP contribution in [-0.4, -0.2) is 4.92 Å². The summed E-state index contributed by atoms with van der Waals surface area (Å²) in [7, 11) is 0. The summed E-state index contributed by atoms with van der Waals surface area (Å²) in [6, 6.07) is 6.39. The van der Waals surface area contributed by atoms with E-state index in [2.05, 4.69) is 0 Å². The Morgan fingerprint density at radius 1 is 1.33 bits per heavy atom. The quantitative estimate of drug-likeness (QED) is 0.350. The van der Waals surface area contributed by atoms with E-state index in [0.717, 1.165) is 0 Å². The Kier molecular flexibility index (Phi) is 2.43. The third-order valence-corrected chi connectivity index (χ3v) is 2.87. The molecule has 0 bridgehead atoms. The van der Waals surface area contributed by atoms with Gasteiger partial charge in [-0.3, -0.25) is 10.1 Å². The van der Waals surface area contributed by atoms with Crippen molar-refractivity contribution in [2.24, 2.45) is 0 Å². The Morgan fingerprint density at radius 3 is 2.67 bits per heavy atom. The second-order valence-electron chi connectivity index (χ2n) is 2.81. The maximum Gasteiger partial charge on any atom is 0.356 e. The van der Waals surface area contributed by atoms with Gasteiger partial charge in [-0.05, 0) is 34.7 Å². The molecule has 0 saturated heterocycles. The second kappa shape index (κ2) is 3.61. The minimum absolute atomic E-state index is 0.00343. The van der Waals surface area contributed by atoms with E-state index < -0.39 is 10.5 Å². The maximum absolute atomic E-state index is 11.3. The molecular formula is C9H4INO4. The average molecular weight is 317 g/mol. The summed E-state index contributed by atoms with van der Waals surface area (Å²) in [6.45, 7) is 0. The van der Waals surface area contributed by atoms with Gasteiger partial charge in [0.2, 0.25) is 0 Å². The molecule has 0 aliphatic carbocycles. The predicted molar refractivity (Wildman–Crippen MR) is 61.9 cm³/mol. The van der Waals surface area contributed by atoms with E-state index >= 15 is 0 Å². The average Bonchev–Trinajstić information content (AvgIpc) is 2.19. The molecule has 0 N–H and O–H groups in total. The first-order valence-electron chi connectivity index (χ1n) is 3.97. The van der Waals surface area contributed by atoms with Crippen molar-refractivity contribution in [3.63, 3.8) is 0 Å². The molecule has 0 fully saturated rings. The number of halogens is 1. The van der Waals surface area contributed by atoms with Crippen molar-refractivity contribution in [3.8, 4) is 0 Å². The van der Waals surface area contributed by atoms with Crippen molar-refractivity contribution in [2.75, 3.05) is 0 Å². The van der Waals surface area contributed by atoms with Crippen LogP contribution in [-0.2, 0) is 0 Å². The van der Waals surface area contributed by atoms with E-state index in [-0.39, 0.29) is 14.8 Å². The molecule has 1 aromatic carbocycles. The topological polar surface area (TPSA) is 73.3 Å². The molecule has 1 aromatic heterocycles. The highest BCUT2D eigenvalue weighted by Gasteiger charge is 2.21. The zero-order chi connectivity index (χ0) is 11.0. The Bertz CT molecular complexity index is 605. The standard InChI is InChI=1S/C9H4INO4/c10-7-8(11(13)14)5-3-1-2-4-6(5)15-9(7)12/h1-4H. The lowest BCUT2D eigenvalue weighted by Gasteiger charge is -1.98. The first-order valence-corrected chi connectivity index (χ1v) is 5.05. The molecule has 2 rings (SSSR count). The lowest BCUT2D eigenvalue weighted by atomic mass is 10.2. The van der Waals surface area contributed by atoms with E-state index in [1.54, 1.807) is 40.8 Å². The zero-order valence-electron chi connectivity index (χ0n) is 7.27. The molecule has 15 heavy (non-hydrogen) atoms. The fourth-order valence-corrected chi connectivity index (χ4v) is 1.89. The van der Waals surface area contributed by atoms with Crippen LogP contribution in [0.4, 0.5) is 5.69 Å². The van der Waals surface area contributed by atoms with Gasteiger partial charge in [0.25, 0.3) is 0 Å². The molecule has 0 radical (unpaired) electrons. The molecule has 6 heteroatoms. The van der Waals surface area contributed by atoms with E-state index in [0.29, 0.717) is 5.39 Å². The van der Waals surface area contributed by atoms with Gasteiger partial charge in [-0.25, -0.2) is 4.79 Å². The molecule has 1 heterocycles. The van der Waals surface area contributed by atoms with Gasteiger partial charge < -0.3 is 4.42 Å². The van der Waals surface area contributed by atoms with Crippen LogP contribution < -0.4 is 5.63 Å². The van der Waals surface area contributed by atoms with E-state index in [9.17, 15) is 14.9 Å². The van der Waals surface area contributed by atoms with Crippen LogP contribution in [0.3, 0.4) is 0 Å². The Morgan fingerprint density at radius 2 is 2.00 bits per heavy atom. The summed E-state index contributed by atoms with van der Waals surface area (Å²) >= 11 is 1.62. The zero-order valence-corrected chi connectivity index (χ0v) is 9.43. The van der Waals surface area contributed by atoms with Crippen LogP contribution >= 0.6 is 22.6 Å². The number of rotatable bonds is 1. The van der Waals surface area contributed by atoms with Crippen molar-refractivity contribution >= 4 is 39.2 Å². The number of hydrogen-bond donors (Lipinski definition) is 0. The van der Waals surface area contributed by atoms with Gasteiger partial charge in [0.1, 0.15) is 5.58 Å². The minimum atomic E-state index is -0.680. The molecule has 0 amide bonds. The van der Waals surface area contributed by atoms with Gasteiger partial charge in [-0.2, -0.15) is 0 Å². The molecular weight excluding hydrogens is 313 g/mol. The summed E-state index contributed by atoms with van der Waals surface area (Å²) in [4.78, 5) is 21.5. The summed E-state index contributed by atoms with van der Waals surface area (Å²) < 4.78 is 4.91. The Balaban J connectivity index is 3.02. The van der Waals surface area contributed by atoms with E-state index in [4.69, 9.17) is 4.42 Å². The first kappa shape index (κ1) is 10.1. The molecule has 0 aliphatic rings. The third-order valence-electron chi connectivity index (χ3n) is 1.91. The fourth-order valence-electron chi connectivity index (χ4n) is 1.29. The van der Waals surface area contributed by atoms with Crippen molar-refractivity contribution in [3.05, 3.63) is 48.4 Å². The number of benzene rings is 1. The van der Waals surface area contributed by atoms with Crippen LogP contribution in [0.1, 0.15) is 0 Å². The molecule has 0 aliphatic heterocycles. The van der Waals surface area contributed by atoms with Crippen molar-refractivity contribution in [1.29, 1.82) is 0 Å². The maximum atomic E-state index is 11.3. The number of hydrogen-bond acceptors (Lipinski definition) is 4. The van der Waals surface area contributed by atoms with Crippen LogP contribution in [0.25, 0.3) is 11.0 Å². The number of nitro groups is 1. The molecule has 0 spiro atoms.